The number of aromatic nitrogens is 2. The summed E-state index contributed by atoms with van der Waals surface area (Å²) >= 11 is 0. The molecule has 0 aliphatic rings. The smallest absolute Gasteiger partial charge is 0.243 e. The molecule has 21 heavy (non-hydrogen) atoms. The van der Waals surface area contributed by atoms with Crippen LogP contribution in [0.25, 0.3) is 0 Å². The molecule has 4 N–H and O–H groups in total. The molecule has 1 aromatic rings. The van der Waals surface area contributed by atoms with Crippen LogP contribution in [-0.4, -0.2) is 34.2 Å². The molecule has 0 aliphatic heterocycles. The molecule has 1 heterocycles. The van der Waals surface area contributed by atoms with E-state index in [1.165, 1.54) is 0 Å². The summed E-state index contributed by atoms with van der Waals surface area (Å²) in [5.74, 6) is -0.584. The van der Waals surface area contributed by atoms with Gasteiger partial charge in [-0.3, -0.25) is 14.3 Å². The third kappa shape index (κ3) is 4.29. The molecule has 0 unspecified atom stereocenters. The van der Waals surface area contributed by atoms with Gasteiger partial charge in [0.2, 0.25) is 11.8 Å². The first-order valence-corrected chi connectivity index (χ1v) is 7.15. The van der Waals surface area contributed by atoms with Crippen LogP contribution in [0.4, 0.5) is 5.69 Å². The summed E-state index contributed by atoms with van der Waals surface area (Å²) in [6.07, 6.45) is 0. The number of carbonyl (C=O) groups excluding carboxylic acids is 2. The average molecular weight is 295 g/mol. The van der Waals surface area contributed by atoms with Crippen molar-refractivity contribution in [2.75, 3.05) is 11.9 Å². The molecule has 0 saturated carbocycles. The van der Waals surface area contributed by atoms with E-state index in [1.54, 1.807) is 0 Å². The lowest BCUT2D eigenvalue weighted by molar-refractivity contribution is -0.125. The zero-order chi connectivity index (χ0) is 16.2. The monoisotopic (exact) mass is 295 g/mol. The highest BCUT2D eigenvalue weighted by Crippen LogP contribution is 2.18. The molecule has 0 saturated heterocycles. The average Bonchev–Trinajstić information content (AvgIpc) is 2.71. The standard InChI is InChI=1S/C14H25N5O2/c1-6-19-10(5)13(9(4)18-19)17-11(20)7-16-14(21)12(15)8(2)3/h8,12H,6-7,15H2,1-5H3,(H,16,21)(H,17,20)/t12-/m0/s1. The van der Waals surface area contributed by atoms with Gasteiger partial charge in [0.05, 0.1) is 29.7 Å². The Kier molecular flexibility index (Phi) is 5.90. The van der Waals surface area contributed by atoms with Gasteiger partial charge in [0.15, 0.2) is 0 Å². The molecule has 1 atom stereocenters. The molecule has 0 fully saturated rings. The lowest BCUT2D eigenvalue weighted by Gasteiger charge is -2.15. The van der Waals surface area contributed by atoms with E-state index in [0.29, 0.717) is 5.69 Å². The number of nitrogens with two attached hydrogens (primary N) is 1. The van der Waals surface area contributed by atoms with Gasteiger partial charge in [-0.25, -0.2) is 0 Å². The summed E-state index contributed by atoms with van der Waals surface area (Å²) in [5, 5.41) is 9.64. The van der Waals surface area contributed by atoms with Crippen LogP contribution in [0.5, 0.6) is 0 Å². The van der Waals surface area contributed by atoms with Crippen molar-refractivity contribution >= 4 is 17.5 Å². The van der Waals surface area contributed by atoms with Crippen molar-refractivity contribution in [3.8, 4) is 0 Å². The molecule has 1 aromatic heterocycles. The first-order chi connectivity index (χ1) is 9.77. The zero-order valence-electron chi connectivity index (χ0n) is 13.4. The molecule has 2 amide bonds. The van der Waals surface area contributed by atoms with Crippen LogP contribution in [0.2, 0.25) is 0 Å². The van der Waals surface area contributed by atoms with Crippen LogP contribution in [-0.2, 0) is 16.1 Å². The van der Waals surface area contributed by atoms with Crippen molar-refractivity contribution < 1.29 is 9.59 Å². The maximum atomic E-state index is 11.9. The molecule has 7 heteroatoms. The number of amides is 2. The van der Waals surface area contributed by atoms with Gasteiger partial charge in [-0.2, -0.15) is 5.10 Å². The third-order valence-electron chi connectivity index (χ3n) is 3.39. The van der Waals surface area contributed by atoms with Crippen molar-refractivity contribution in [1.82, 2.24) is 15.1 Å². The van der Waals surface area contributed by atoms with Gasteiger partial charge in [0.25, 0.3) is 0 Å². The molecule has 1 rings (SSSR count). The topological polar surface area (TPSA) is 102 Å². The summed E-state index contributed by atoms with van der Waals surface area (Å²) in [6.45, 7) is 10.1. The van der Waals surface area contributed by atoms with Crippen LogP contribution in [0.3, 0.4) is 0 Å². The maximum absolute atomic E-state index is 11.9. The first kappa shape index (κ1) is 17.2. The second-order valence-electron chi connectivity index (χ2n) is 5.40. The predicted octanol–water partition coefficient (Wildman–Crippen LogP) is 0.558. The molecule has 0 radical (unpaired) electrons. The summed E-state index contributed by atoms with van der Waals surface area (Å²) in [4.78, 5) is 23.6. The number of hydrogen-bond acceptors (Lipinski definition) is 4. The van der Waals surface area contributed by atoms with Gasteiger partial charge in [0.1, 0.15) is 0 Å². The number of rotatable bonds is 6. The van der Waals surface area contributed by atoms with Crippen molar-refractivity contribution in [2.45, 2.75) is 47.2 Å². The van der Waals surface area contributed by atoms with Gasteiger partial charge >= 0.3 is 0 Å². The first-order valence-electron chi connectivity index (χ1n) is 7.15. The third-order valence-corrected chi connectivity index (χ3v) is 3.39. The quantitative estimate of drug-likeness (QED) is 0.713. The highest BCUT2D eigenvalue weighted by molar-refractivity contribution is 5.96. The van der Waals surface area contributed by atoms with Gasteiger partial charge in [-0.05, 0) is 26.7 Å². The minimum atomic E-state index is -0.607. The Morgan fingerprint density at radius 3 is 2.43 bits per heavy atom. The number of anilines is 1. The van der Waals surface area contributed by atoms with E-state index < -0.39 is 6.04 Å². The van der Waals surface area contributed by atoms with Gasteiger partial charge in [-0.1, -0.05) is 13.8 Å². The second-order valence-corrected chi connectivity index (χ2v) is 5.40. The summed E-state index contributed by atoms with van der Waals surface area (Å²) in [7, 11) is 0. The van der Waals surface area contributed by atoms with E-state index in [2.05, 4.69) is 15.7 Å². The van der Waals surface area contributed by atoms with Crippen molar-refractivity contribution in [1.29, 1.82) is 0 Å². The molecule has 0 aliphatic carbocycles. The summed E-state index contributed by atoms with van der Waals surface area (Å²) in [5.41, 5.74) is 8.06. The molecule has 7 nitrogen and oxygen atoms in total. The van der Waals surface area contributed by atoms with E-state index in [4.69, 9.17) is 5.73 Å². The number of hydrogen-bond donors (Lipinski definition) is 3. The Labute approximate surface area is 125 Å². The lowest BCUT2D eigenvalue weighted by atomic mass is 10.1. The van der Waals surface area contributed by atoms with E-state index in [-0.39, 0.29) is 24.3 Å². The Bertz CT molecular complexity index is 522. The van der Waals surface area contributed by atoms with Crippen LogP contribution in [0, 0.1) is 19.8 Å². The Morgan fingerprint density at radius 2 is 1.95 bits per heavy atom. The fourth-order valence-corrected chi connectivity index (χ4v) is 1.96. The van der Waals surface area contributed by atoms with Gasteiger partial charge in [0, 0.05) is 6.54 Å². The lowest BCUT2D eigenvalue weighted by Crippen LogP contribution is -2.46. The van der Waals surface area contributed by atoms with Crippen LogP contribution in [0.1, 0.15) is 32.2 Å². The molecule has 118 valence electrons. The van der Waals surface area contributed by atoms with Crippen molar-refractivity contribution in [3.05, 3.63) is 11.4 Å². The fourth-order valence-electron chi connectivity index (χ4n) is 1.96. The molecular weight excluding hydrogens is 270 g/mol. The van der Waals surface area contributed by atoms with Crippen molar-refractivity contribution in [3.63, 3.8) is 0 Å². The van der Waals surface area contributed by atoms with E-state index in [9.17, 15) is 9.59 Å². The normalized spacial score (nSPS) is 12.3. The number of nitrogens with zero attached hydrogens (tertiary/aromatic N) is 2. The minimum absolute atomic E-state index is 0.0281. The molecule has 0 spiro atoms. The molecular formula is C14H25N5O2. The molecule has 0 aromatic carbocycles. The van der Waals surface area contributed by atoms with E-state index in [0.717, 1.165) is 17.9 Å². The Morgan fingerprint density at radius 1 is 1.33 bits per heavy atom. The van der Waals surface area contributed by atoms with Crippen molar-refractivity contribution in [2.24, 2.45) is 11.7 Å². The summed E-state index contributed by atoms with van der Waals surface area (Å²) < 4.78 is 1.82. The SMILES string of the molecule is CCn1nc(C)c(NC(=O)CNC(=O)[C@@H](N)C(C)C)c1C. The number of nitrogens with one attached hydrogen (secondary N) is 2. The van der Waals surface area contributed by atoms with E-state index in [1.807, 2.05) is 39.3 Å². The number of aryl methyl sites for hydroxylation is 2. The maximum Gasteiger partial charge on any atom is 0.243 e. The van der Waals surface area contributed by atoms with Gasteiger partial charge < -0.3 is 16.4 Å². The second kappa shape index (κ2) is 7.21. The summed E-state index contributed by atoms with van der Waals surface area (Å²) in [6, 6.07) is -0.607. The minimum Gasteiger partial charge on any atom is -0.346 e. The van der Waals surface area contributed by atoms with Crippen LogP contribution >= 0.6 is 0 Å². The fraction of sp³-hybridized carbons (Fsp3) is 0.643. The molecule has 0 bridgehead atoms. The largest absolute Gasteiger partial charge is 0.346 e. The predicted molar refractivity (Wildman–Crippen MR) is 81.8 cm³/mol. The highest BCUT2D eigenvalue weighted by atomic mass is 16.2. The van der Waals surface area contributed by atoms with Gasteiger partial charge in [-0.15, -0.1) is 0 Å². The Balaban J connectivity index is 2.59. The van der Waals surface area contributed by atoms with E-state index >= 15 is 0 Å². The Hall–Kier alpha value is -1.89. The highest BCUT2D eigenvalue weighted by Gasteiger charge is 2.18. The van der Waals surface area contributed by atoms with Crippen LogP contribution < -0.4 is 16.4 Å². The number of carbonyl (C=O) groups is 2. The van der Waals surface area contributed by atoms with Crippen LogP contribution in [0.15, 0.2) is 0 Å². The zero-order valence-corrected chi connectivity index (χ0v) is 13.4.